The van der Waals surface area contributed by atoms with Crippen molar-refractivity contribution < 1.29 is 9.47 Å². The van der Waals surface area contributed by atoms with Gasteiger partial charge in [-0.15, -0.1) is 0 Å². The zero-order chi connectivity index (χ0) is 15.5. The summed E-state index contributed by atoms with van der Waals surface area (Å²) in [6.07, 6.45) is 1.23. The van der Waals surface area contributed by atoms with E-state index in [0.717, 1.165) is 63.4 Å². The normalized spacial score (nSPS) is 24.0. The van der Waals surface area contributed by atoms with E-state index in [1.807, 2.05) is 11.7 Å². The highest BCUT2D eigenvalue weighted by Gasteiger charge is 2.24. The van der Waals surface area contributed by atoms with Crippen LogP contribution in [0.1, 0.15) is 17.7 Å². The summed E-state index contributed by atoms with van der Waals surface area (Å²) < 4.78 is 12.8. The molecule has 2 aliphatic rings. The van der Waals surface area contributed by atoms with Gasteiger partial charge in [-0.05, 0) is 19.3 Å². The van der Waals surface area contributed by atoms with Gasteiger partial charge in [-0.25, -0.2) is 4.68 Å². The summed E-state index contributed by atoms with van der Waals surface area (Å²) in [6, 6.07) is 0. The topological polar surface area (TPSA) is 42.8 Å². The maximum Gasteiger partial charge on any atom is 0.216 e. The Labute approximate surface area is 133 Å². The second-order valence-electron chi connectivity index (χ2n) is 6.50. The number of nitrogens with zero attached hydrogens (tertiary/aromatic N) is 4. The predicted octanol–water partition coefficient (Wildman–Crippen LogP) is 0.891. The molecule has 0 radical (unpaired) electrons. The number of ether oxygens (including phenoxy) is 2. The Hall–Kier alpha value is -1.11. The van der Waals surface area contributed by atoms with Crippen LogP contribution < -0.4 is 4.74 Å². The van der Waals surface area contributed by atoms with E-state index < -0.39 is 0 Å². The average molecular weight is 308 g/mol. The molecule has 6 heteroatoms. The van der Waals surface area contributed by atoms with Crippen LogP contribution in [0.5, 0.6) is 5.88 Å². The molecule has 3 heterocycles. The summed E-state index contributed by atoms with van der Waals surface area (Å²) in [7, 11) is 3.67. The molecule has 0 unspecified atom stereocenters. The minimum Gasteiger partial charge on any atom is -0.481 e. The molecule has 2 fully saturated rings. The SMILES string of the molecule is COc1c(CN2CCN(C[C@@H]3CCOC3)CC2)c(C)nn1C. The number of rotatable bonds is 5. The van der Waals surface area contributed by atoms with Gasteiger partial charge in [-0.3, -0.25) is 4.90 Å². The third kappa shape index (κ3) is 3.45. The van der Waals surface area contributed by atoms with Crippen molar-refractivity contribution in [1.29, 1.82) is 0 Å². The van der Waals surface area contributed by atoms with E-state index in [1.165, 1.54) is 18.5 Å². The quantitative estimate of drug-likeness (QED) is 0.808. The standard InChI is InChI=1S/C16H28N4O2/c1-13-15(16(21-3)18(2)17-13)11-20-7-5-19(6-8-20)10-14-4-9-22-12-14/h14H,4-12H2,1-3H3/t14-/m0/s1. The Kier molecular flexibility index (Phi) is 5.00. The number of piperazine rings is 1. The molecule has 22 heavy (non-hydrogen) atoms. The number of methoxy groups -OCH3 is 1. The van der Waals surface area contributed by atoms with E-state index in [0.29, 0.717) is 0 Å². The van der Waals surface area contributed by atoms with Crippen molar-refractivity contribution in [2.24, 2.45) is 13.0 Å². The molecule has 0 aromatic carbocycles. The van der Waals surface area contributed by atoms with E-state index in [9.17, 15) is 0 Å². The van der Waals surface area contributed by atoms with Crippen LogP contribution in [0.2, 0.25) is 0 Å². The lowest BCUT2D eigenvalue weighted by Crippen LogP contribution is -2.47. The Morgan fingerprint density at radius 1 is 1.23 bits per heavy atom. The lowest BCUT2D eigenvalue weighted by molar-refractivity contribution is 0.106. The maximum absolute atomic E-state index is 5.50. The largest absolute Gasteiger partial charge is 0.481 e. The third-order valence-electron chi connectivity index (χ3n) is 4.87. The molecule has 0 saturated carbocycles. The highest BCUT2D eigenvalue weighted by Crippen LogP contribution is 2.23. The smallest absolute Gasteiger partial charge is 0.216 e. The molecule has 0 bridgehead atoms. The van der Waals surface area contributed by atoms with E-state index >= 15 is 0 Å². The fourth-order valence-corrected chi connectivity index (χ4v) is 3.56. The molecule has 0 N–H and O–H groups in total. The first kappa shape index (κ1) is 15.8. The molecule has 0 aliphatic carbocycles. The van der Waals surface area contributed by atoms with Gasteiger partial charge in [0.15, 0.2) is 0 Å². The van der Waals surface area contributed by atoms with Gasteiger partial charge >= 0.3 is 0 Å². The third-order valence-corrected chi connectivity index (χ3v) is 4.87. The molecule has 124 valence electrons. The van der Waals surface area contributed by atoms with Gasteiger partial charge in [0.1, 0.15) is 0 Å². The second kappa shape index (κ2) is 6.98. The lowest BCUT2D eigenvalue weighted by Gasteiger charge is -2.35. The molecule has 2 saturated heterocycles. The van der Waals surface area contributed by atoms with Crippen LogP contribution in [0, 0.1) is 12.8 Å². The Balaban J connectivity index is 1.51. The van der Waals surface area contributed by atoms with Crippen LogP contribution in [0.3, 0.4) is 0 Å². The summed E-state index contributed by atoms with van der Waals surface area (Å²) in [5.41, 5.74) is 2.30. The Morgan fingerprint density at radius 3 is 2.59 bits per heavy atom. The van der Waals surface area contributed by atoms with E-state index in [4.69, 9.17) is 9.47 Å². The Bertz CT molecular complexity index is 489. The van der Waals surface area contributed by atoms with Crippen LogP contribution in [0.4, 0.5) is 0 Å². The van der Waals surface area contributed by atoms with Crippen molar-refractivity contribution in [2.75, 3.05) is 53.0 Å². The number of aromatic nitrogens is 2. The fraction of sp³-hybridized carbons (Fsp3) is 0.812. The van der Waals surface area contributed by atoms with E-state index in [2.05, 4.69) is 21.8 Å². The summed E-state index contributed by atoms with van der Waals surface area (Å²) in [6.45, 7) is 10.6. The zero-order valence-electron chi connectivity index (χ0n) is 14.0. The molecule has 3 rings (SSSR count). The monoisotopic (exact) mass is 308 g/mol. The molecule has 1 aromatic heterocycles. The van der Waals surface area contributed by atoms with Crippen molar-refractivity contribution in [2.45, 2.75) is 19.9 Å². The predicted molar refractivity (Wildman–Crippen MR) is 85.1 cm³/mol. The van der Waals surface area contributed by atoms with Gasteiger partial charge in [-0.1, -0.05) is 0 Å². The molecule has 1 atom stereocenters. The molecule has 1 aromatic rings. The van der Waals surface area contributed by atoms with E-state index in [-0.39, 0.29) is 0 Å². The van der Waals surface area contributed by atoms with Crippen LogP contribution in [-0.4, -0.2) is 72.6 Å². The lowest BCUT2D eigenvalue weighted by atomic mass is 10.1. The van der Waals surface area contributed by atoms with Crippen LogP contribution in [0.15, 0.2) is 0 Å². The molecular formula is C16H28N4O2. The van der Waals surface area contributed by atoms with Crippen LogP contribution >= 0.6 is 0 Å². The minimum absolute atomic E-state index is 0.743. The van der Waals surface area contributed by atoms with Gasteiger partial charge in [0, 0.05) is 52.9 Å². The molecule has 6 nitrogen and oxygen atoms in total. The van der Waals surface area contributed by atoms with Gasteiger partial charge in [0.05, 0.1) is 25.0 Å². The molecular weight excluding hydrogens is 280 g/mol. The summed E-state index contributed by atoms with van der Waals surface area (Å²) in [4.78, 5) is 5.09. The molecule has 0 spiro atoms. The second-order valence-corrected chi connectivity index (χ2v) is 6.50. The summed E-state index contributed by atoms with van der Waals surface area (Å²) in [5, 5.41) is 4.47. The van der Waals surface area contributed by atoms with Crippen LogP contribution in [0.25, 0.3) is 0 Å². The molecule has 0 amide bonds. The zero-order valence-corrected chi connectivity index (χ0v) is 14.0. The minimum atomic E-state index is 0.743. The first-order valence-electron chi connectivity index (χ1n) is 8.26. The first-order chi connectivity index (χ1) is 10.7. The average Bonchev–Trinajstić information content (AvgIpc) is 3.10. The van der Waals surface area contributed by atoms with Gasteiger partial charge in [0.25, 0.3) is 0 Å². The van der Waals surface area contributed by atoms with Gasteiger partial charge in [0.2, 0.25) is 5.88 Å². The van der Waals surface area contributed by atoms with Crippen molar-refractivity contribution >= 4 is 0 Å². The number of hydrogen-bond acceptors (Lipinski definition) is 5. The van der Waals surface area contributed by atoms with Gasteiger partial charge in [-0.2, -0.15) is 5.10 Å². The highest BCUT2D eigenvalue weighted by molar-refractivity contribution is 5.30. The van der Waals surface area contributed by atoms with Crippen molar-refractivity contribution in [3.63, 3.8) is 0 Å². The van der Waals surface area contributed by atoms with E-state index in [1.54, 1.807) is 7.11 Å². The Morgan fingerprint density at radius 2 is 1.95 bits per heavy atom. The van der Waals surface area contributed by atoms with Crippen molar-refractivity contribution in [3.8, 4) is 5.88 Å². The van der Waals surface area contributed by atoms with Crippen LogP contribution in [-0.2, 0) is 18.3 Å². The summed E-state index contributed by atoms with van der Waals surface area (Å²) in [5.74, 6) is 1.63. The maximum atomic E-state index is 5.50. The summed E-state index contributed by atoms with van der Waals surface area (Å²) >= 11 is 0. The highest BCUT2D eigenvalue weighted by atomic mass is 16.5. The first-order valence-corrected chi connectivity index (χ1v) is 8.26. The van der Waals surface area contributed by atoms with Gasteiger partial charge < -0.3 is 14.4 Å². The van der Waals surface area contributed by atoms with Crippen molar-refractivity contribution in [3.05, 3.63) is 11.3 Å². The van der Waals surface area contributed by atoms with Crippen molar-refractivity contribution in [1.82, 2.24) is 19.6 Å². The molecule has 2 aliphatic heterocycles. The number of hydrogen-bond donors (Lipinski definition) is 0. The number of aryl methyl sites for hydroxylation is 2. The fourth-order valence-electron chi connectivity index (χ4n) is 3.56.